The van der Waals surface area contributed by atoms with Crippen LogP contribution in [0.2, 0.25) is 0 Å². The fourth-order valence-corrected chi connectivity index (χ4v) is 3.22. The van der Waals surface area contributed by atoms with Gasteiger partial charge >= 0.3 is 0 Å². The van der Waals surface area contributed by atoms with Gasteiger partial charge in [-0.25, -0.2) is 0 Å². The predicted molar refractivity (Wildman–Crippen MR) is 80.3 cm³/mol. The Morgan fingerprint density at radius 3 is 2.95 bits per heavy atom. The fourth-order valence-electron chi connectivity index (χ4n) is 2.78. The molecule has 2 heterocycles. The molecule has 0 unspecified atom stereocenters. The highest BCUT2D eigenvalue weighted by Crippen LogP contribution is 2.32. The van der Waals surface area contributed by atoms with Crippen molar-refractivity contribution in [3.8, 4) is 0 Å². The van der Waals surface area contributed by atoms with Crippen molar-refractivity contribution in [1.82, 2.24) is 24.7 Å². The van der Waals surface area contributed by atoms with E-state index in [0.29, 0.717) is 5.69 Å². The second-order valence-corrected chi connectivity index (χ2v) is 6.95. The maximum atomic E-state index is 12.2. The van der Waals surface area contributed by atoms with Crippen LogP contribution in [0.15, 0.2) is 11.6 Å². The van der Waals surface area contributed by atoms with Crippen molar-refractivity contribution >= 4 is 17.4 Å². The molecular formula is C14H19N5OS. The first-order chi connectivity index (χ1) is 9.97. The Labute approximate surface area is 127 Å². The van der Waals surface area contributed by atoms with Crippen LogP contribution in [0.25, 0.3) is 0 Å². The maximum Gasteiger partial charge on any atom is 0.273 e. The SMILES string of the molecule is CC(C)(C)n1ncc2c1CCC[C@H]2NC(=O)c1csnn1. The summed E-state index contributed by atoms with van der Waals surface area (Å²) < 4.78 is 5.81. The zero-order valence-electron chi connectivity index (χ0n) is 12.5. The van der Waals surface area contributed by atoms with Crippen molar-refractivity contribution in [3.63, 3.8) is 0 Å². The highest BCUT2D eigenvalue weighted by molar-refractivity contribution is 7.03. The van der Waals surface area contributed by atoms with Gasteiger partial charge in [0, 0.05) is 16.6 Å². The number of nitrogens with one attached hydrogen (secondary N) is 1. The lowest BCUT2D eigenvalue weighted by Crippen LogP contribution is -2.32. The van der Waals surface area contributed by atoms with E-state index < -0.39 is 0 Å². The first-order valence-electron chi connectivity index (χ1n) is 7.12. The minimum Gasteiger partial charge on any atom is -0.344 e. The molecule has 1 atom stereocenters. The average Bonchev–Trinajstić information content (AvgIpc) is 3.07. The van der Waals surface area contributed by atoms with Crippen LogP contribution in [0.1, 0.15) is 61.4 Å². The third-order valence-electron chi connectivity index (χ3n) is 3.72. The van der Waals surface area contributed by atoms with Gasteiger partial charge < -0.3 is 5.32 Å². The van der Waals surface area contributed by atoms with Crippen LogP contribution in [0.3, 0.4) is 0 Å². The number of carbonyl (C=O) groups excluding carboxylic acids is 1. The lowest BCUT2D eigenvalue weighted by Gasteiger charge is -2.28. The van der Waals surface area contributed by atoms with Crippen LogP contribution in [-0.2, 0) is 12.0 Å². The van der Waals surface area contributed by atoms with Gasteiger partial charge in [-0.2, -0.15) is 5.10 Å². The van der Waals surface area contributed by atoms with Crippen molar-refractivity contribution in [2.45, 2.75) is 51.6 Å². The standard InChI is InChI=1S/C14H19N5OS/c1-14(2,3)19-12-6-4-5-10(9(12)7-15-19)16-13(20)11-8-21-18-17-11/h7-8,10H,4-6H2,1-3H3,(H,16,20)/t10-/m1/s1. The van der Waals surface area contributed by atoms with E-state index in [1.165, 1.54) is 17.2 Å². The minimum absolute atomic E-state index is 0.0130. The molecule has 0 radical (unpaired) electrons. The summed E-state index contributed by atoms with van der Waals surface area (Å²) in [5.41, 5.74) is 2.71. The fraction of sp³-hybridized carbons (Fsp3) is 0.571. The Bertz CT molecular complexity index is 641. The predicted octanol–water partition coefficient (Wildman–Crippen LogP) is 2.30. The molecule has 0 saturated carbocycles. The molecule has 112 valence electrons. The first-order valence-corrected chi connectivity index (χ1v) is 7.95. The summed E-state index contributed by atoms with van der Waals surface area (Å²) in [6.07, 6.45) is 4.89. The Kier molecular flexibility index (Phi) is 3.52. The van der Waals surface area contributed by atoms with Crippen LogP contribution >= 0.6 is 11.5 Å². The van der Waals surface area contributed by atoms with E-state index in [2.05, 4.69) is 45.5 Å². The van der Waals surface area contributed by atoms with E-state index in [1.54, 1.807) is 5.38 Å². The summed E-state index contributed by atoms with van der Waals surface area (Å²) in [4.78, 5) is 12.2. The van der Waals surface area contributed by atoms with Crippen molar-refractivity contribution in [1.29, 1.82) is 0 Å². The molecule has 0 fully saturated rings. The number of amides is 1. The molecule has 6 nitrogen and oxygen atoms in total. The normalized spacial score (nSPS) is 18.3. The van der Waals surface area contributed by atoms with Gasteiger partial charge in [-0.15, -0.1) is 5.10 Å². The van der Waals surface area contributed by atoms with Crippen LogP contribution < -0.4 is 5.32 Å². The summed E-state index contributed by atoms with van der Waals surface area (Å²) >= 11 is 1.18. The van der Waals surface area contributed by atoms with Gasteiger partial charge in [0.25, 0.3) is 5.91 Å². The third kappa shape index (κ3) is 2.70. The topological polar surface area (TPSA) is 72.7 Å². The number of aromatic nitrogens is 4. The third-order valence-corrected chi connectivity index (χ3v) is 4.22. The van der Waals surface area contributed by atoms with Crippen molar-refractivity contribution < 1.29 is 4.79 Å². The molecule has 0 spiro atoms. The number of carbonyl (C=O) groups is 1. The van der Waals surface area contributed by atoms with Crippen LogP contribution in [0.4, 0.5) is 0 Å². The van der Waals surface area contributed by atoms with E-state index in [4.69, 9.17) is 0 Å². The molecule has 0 saturated heterocycles. The quantitative estimate of drug-likeness (QED) is 0.924. The molecule has 1 aliphatic rings. The van der Waals surface area contributed by atoms with Gasteiger partial charge in [0.2, 0.25) is 0 Å². The van der Waals surface area contributed by atoms with Crippen molar-refractivity contribution in [2.24, 2.45) is 0 Å². The van der Waals surface area contributed by atoms with E-state index in [0.717, 1.165) is 24.8 Å². The first kappa shape index (κ1) is 14.2. The number of nitrogens with zero attached hydrogens (tertiary/aromatic N) is 4. The summed E-state index contributed by atoms with van der Waals surface area (Å²) in [5, 5.41) is 13.1. The van der Waals surface area contributed by atoms with Gasteiger partial charge in [0.05, 0.1) is 17.8 Å². The molecule has 21 heavy (non-hydrogen) atoms. The molecule has 0 bridgehead atoms. The van der Waals surface area contributed by atoms with E-state index in [9.17, 15) is 4.79 Å². The summed E-state index contributed by atoms with van der Waals surface area (Å²) in [6.45, 7) is 6.43. The molecule has 2 aromatic rings. The Balaban J connectivity index is 1.85. The lowest BCUT2D eigenvalue weighted by atomic mass is 9.92. The smallest absolute Gasteiger partial charge is 0.273 e. The van der Waals surface area contributed by atoms with Gasteiger partial charge in [0.15, 0.2) is 5.69 Å². The van der Waals surface area contributed by atoms with Crippen molar-refractivity contribution in [3.05, 3.63) is 28.5 Å². The van der Waals surface area contributed by atoms with E-state index in [1.807, 2.05) is 6.20 Å². The second-order valence-electron chi connectivity index (χ2n) is 6.34. The highest BCUT2D eigenvalue weighted by atomic mass is 32.1. The molecule has 2 aromatic heterocycles. The second kappa shape index (κ2) is 5.22. The van der Waals surface area contributed by atoms with E-state index >= 15 is 0 Å². The largest absolute Gasteiger partial charge is 0.344 e. The zero-order valence-corrected chi connectivity index (χ0v) is 13.3. The van der Waals surface area contributed by atoms with Crippen LogP contribution in [0.5, 0.6) is 0 Å². The van der Waals surface area contributed by atoms with E-state index in [-0.39, 0.29) is 17.5 Å². The van der Waals surface area contributed by atoms with Gasteiger partial charge in [0.1, 0.15) is 0 Å². The number of hydrogen-bond donors (Lipinski definition) is 1. The average molecular weight is 305 g/mol. The molecule has 1 N–H and O–H groups in total. The Hall–Kier alpha value is -1.76. The van der Waals surface area contributed by atoms with Crippen LogP contribution in [-0.4, -0.2) is 25.3 Å². The molecule has 0 aromatic carbocycles. The molecule has 0 aliphatic heterocycles. The number of rotatable bonds is 2. The van der Waals surface area contributed by atoms with Gasteiger partial charge in [-0.05, 0) is 51.6 Å². The molecule has 1 amide bonds. The summed E-state index contributed by atoms with van der Waals surface area (Å²) in [7, 11) is 0. The lowest BCUT2D eigenvalue weighted by molar-refractivity contribution is 0.0927. The van der Waals surface area contributed by atoms with Gasteiger partial charge in [-0.3, -0.25) is 9.48 Å². The molecular weight excluding hydrogens is 286 g/mol. The number of fused-ring (bicyclic) bond motifs is 1. The highest BCUT2D eigenvalue weighted by Gasteiger charge is 2.29. The molecule has 3 rings (SSSR count). The summed E-state index contributed by atoms with van der Waals surface area (Å²) in [5.74, 6) is -0.162. The van der Waals surface area contributed by atoms with Crippen molar-refractivity contribution in [2.75, 3.05) is 0 Å². The summed E-state index contributed by atoms with van der Waals surface area (Å²) in [6, 6.07) is 0.0130. The molecule has 1 aliphatic carbocycles. The zero-order chi connectivity index (χ0) is 15.0. The monoisotopic (exact) mass is 305 g/mol. The Morgan fingerprint density at radius 2 is 2.29 bits per heavy atom. The van der Waals surface area contributed by atoms with Crippen LogP contribution in [0, 0.1) is 0 Å². The molecule has 7 heteroatoms. The Morgan fingerprint density at radius 1 is 1.48 bits per heavy atom. The maximum absolute atomic E-state index is 12.2. The minimum atomic E-state index is -0.162. The number of hydrogen-bond acceptors (Lipinski definition) is 5. The van der Waals surface area contributed by atoms with Gasteiger partial charge in [-0.1, -0.05) is 4.49 Å².